The van der Waals surface area contributed by atoms with E-state index in [0.717, 1.165) is 5.56 Å². The van der Waals surface area contributed by atoms with Crippen LogP contribution in [0.4, 0.5) is 0 Å². The van der Waals surface area contributed by atoms with Crippen LogP contribution in [-0.4, -0.2) is 12.5 Å². The van der Waals surface area contributed by atoms with Crippen LogP contribution >= 0.6 is 0 Å². The third-order valence-electron chi connectivity index (χ3n) is 2.08. The second-order valence-corrected chi connectivity index (χ2v) is 3.60. The van der Waals surface area contributed by atoms with Gasteiger partial charge in [-0.05, 0) is 12.5 Å². The maximum Gasteiger partial charge on any atom is 0.188 e. The number of rotatable bonds is 4. The zero-order valence-corrected chi connectivity index (χ0v) is 9.35. The normalized spacial score (nSPS) is 12.9. The van der Waals surface area contributed by atoms with Crippen LogP contribution in [0, 0.1) is 17.2 Å². The van der Waals surface area contributed by atoms with Gasteiger partial charge in [-0.1, -0.05) is 30.3 Å². The minimum atomic E-state index is -0.0644. The van der Waals surface area contributed by atoms with Crippen molar-refractivity contribution in [1.82, 2.24) is 5.32 Å². The molecule has 0 aromatic heterocycles. The number of benzene rings is 1. The maximum absolute atomic E-state index is 8.58. The van der Waals surface area contributed by atoms with Crippen molar-refractivity contribution in [3.8, 4) is 6.07 Å². The second kappa shape index (κ2) is 6.46. The monoisotopic (exact) mass is 216 g/mol. The molecule has 84 valence electrons. The fourth-order valence-corrected chi connectivity index (χ4v) is 1.12. The van der Waals surface area contributed by atoms with Crippen LogP contribution in [0.25, 0.3) is 0 Å². The van der Waals surface area contributed by atoms with Gasteiger partial charge in [0, 0.05) is 6.54 Å². The van der Waals surface area contributed by atoms with Crippen molar-refractivity contribution in [3.63, 3.8) is 0 Å². The zero-order valence-electron chi connectivity index (χ0n) is 9.35. The quantitative estimate of drug-likeness (QED) is 0.587. The van der Waals surface area contributed by atoms with Crippen LogP contribution < -0.4 is 11.1 Å². The van der Waals surface area contributed by atoms with E-state index in [4.69, 9.17) is 11.0 Å². The number of nitrogens with zero attached hydrogens (tertiary/aromatic N) is 2. The van der Waals surface area contributed by atoms with Gasteiger partial charge in [-0.3, -0.25) is 0 Å². The van der Waals surface area contributed by atoms with Gasteiger partial charge in [0.2, 0.25) is 0 Å². The predicted octanol–water partition coefficient (Wildman–Crippen LogP) is 1.25. The lowest BCUT2D eigenvalue weighted by Crippen LogP contribution is -2.34. The minimum absolute atomic E-state index is 0.0644. The molecule has 0 aliphatic heterocycles. The van der Waals surface area contributed by atoms with Crippen molar-refractivity contribution in [1.29, 1.82) is 5.26 Å². The summed E-state index contributed by atoms with van der Waals surface area (Å²) < 4.78 is 0. The molecule has 1 aromatic carbocycles. The van der Waals surface area contributed by atoms with Crippen molar-refractivity contribution >= 4 is 5.96 Å². The number of aliphatic imine (C=N–C) groups is 1. The molecule has 0 aliphatic carbocycles. The molecular formula is C12H16N4. The molecule has 0 radical (unpaired) electrons. The molecule has 0 aliphatic rings. The molecule has 0 fully saturated rings. The summed E-state index contributed by atoms with van der Waals surface area (Å²) >= 11 is 0. The fraction of sp³-hybridized carbons (Fsp3) is 0.333. The first-order valence-electron chi connectivity index (χ1n) is 5.19. The molecule has 0 saturated heterocycles. The maximum atomic E-state index is 8.58. The number of nitriles is 1. The Labute approximate surface area is 95.8 Å². The van der Waals surface area contributed by atoms with Gasteiger partial charge in [-0.15, -0.1) is 0 Å². The van der Waals surface area contributed by atoms with E-state index in [0.29, 0.717) is 19.0 Å². The Hall–Kier alpha value is -2.02. The molecule has 0 amide bonds. The van der Waals surface area contributed by atoms with Crippen molar-refractivity contribution in [2.75, 3.05) is 6.54 Å². The third-order valence-corrected chi connectivity index (χ3v) is 2.08. The van der Waals surface area contributed by atoms with Crippen LogP contribution in [0.2, 0.25) is 0 Å². The van der Waals surface area contributed by atoms with Crippen LogP contribution in [0.1, 0.15) is 12.5 Å². The van der Waals surface area contributed by atoms with E-state index < -0.39 is 0 Å². The summed E-state index contributed by atoms with van der Waals surface area (Å²) in [5.41, 5.74) is 6.77. The van der Waals surface area contributed by atoms with Crippen LogP contribution in [0.15, 0.2) is 35.3 Å². The molecule has 0 unspecified atom stereocenters. The number of nitrogens with two attached hydrogens (primary N) is 1. The summed E-state index contributed by atoms with van der Waals surface area (Å²) in [6.45, 7) is 2.92. The molecule has 3 N–H and O–H groups in total. The van der Waals surface area contributed by atoms with Crippen molar-refractivity contribution < 1.29 is 0 Å². The molecule has 4 nitrogen and oxygen atoms in total. The second-order valence-electron chi connectivity index (χ2n) is 3.60. The van der Waals surface area contributed by atoms with Gasteiger partial charge in [0.05, 0.1) is 18.5 Å². The molecule has 0 heterocycles. The van der Waals surface area contributed by atoms with Gasteiger partial charge in [0.25, 0.3) is 0 Å². The van der Waals surface area contributed by atoms with E-state index in [1.165, 1.54) is 0 Å². The standard InChI is InChI=1S/C12H16N4/c1-10(7-13)8-15-12(14)16-9-11-5-3-2-4-6-11/h2-6,10H,8-9H2,1H3,(H3,14,15,16)/t10-/m0/s1. The van der Waals surface area contributed by atoms with Gasteiger partial charge < -0.3 is 11.1 Å². The average molecular weight is 216 g/mol. The van der Waals surface area contributed by atoms with E-state index in [1.807, 2.05) is 37.3 Å². The van der Waals surface area contributed by atoms with Crippen LogP contribution in [-0.2, 0) is 6.54 Å². The highest BCUT2D eigenvalue weighted by Gasteiger charge is 1.98. The minimum Gasteiger partial charge on any atom is -0.370 e. The molecule has 0 spiro atoms. The molecule has 0 bridgehead atoms. The first-order chi connectivity index (χ1) is 7.72. The summed E-state index contributed by atoms with van der Waals surface area (Å²) in [5, 5.41) is 11.5. The topological polar surface area (TPSA) is 74.2 Å². The highest BCUT2D eigenvalue weighted by atomic mass is 15.1. The summed E-state index contributed by atoms with van der Waals surface area (Å²) in [7, 11) is 0. The Kier molecular flexibility index (Phi) is 4.87. The van der Waals surface area contributed by atoms with Gasteiger partial charge in [0.1, 0.15) is 0 Å². The Balaban J connectivity index is 2.38. The van der Waals surface area contributed by atoms with Crippen molar-refractivity contribution in [2.24, 2.45) is 16.6 Å². The van der Waals surface area contributed by atoms with E-state index >= 15 is 0 Å². The smallest absolute Gasteiger partial charge is 0.188 e. The van der Waals surface area contributed by atoms with Crippen LogP contribution in [0.5, 0.6) is 0 Å². The van der Waals surface area contributed by atoms with E-state index in [9.17, 15) is 0 Å². The Morgan fingerprint density at radius 1 is 1.50 bits per heavy atom. The van der Waals surface area contributed by atoms with E-state index in [-0.39, 0.29) is 5.92 Å². The third kappa shape index (κ3) is 4.47. The summed E-state index contributed by atoms with van der Waals surface area (Å²) in [6.07, 6.45) is 0. The summed E-state index contributed by atoms with van der Waals surface area (Å²) in [5.74, 6) is 0.316. The van der Waals surface area contributed by atoms with Crippen molar-refractivity contribution in [3.05, 3.63) is 35.9 Å². The largest absolute Gasteiger partial charge is 0.370 e. The van der Waals surface area contributed by atoms with E-state index in [2.05, 4.69) is 16.4 Å². The molecule has 0 saturated carbocycles. The predicted molar refractivity (Wildman–Crippen MR) is 64.5 cm³/mol. The summed E-state index contributed by atoms with van der Waals surface area (Å²) in [4.78, 5) is 4.17. The molecular weight excluding hydrogens is 200 g/mol. The zero-order chi connectivity index (χ0) is 11.8. The van der Waals surface area contributed by atoms with E-state index in [1.54, 1.807) is 0 Å². The Morgan fingerprint density at radius 3 is 2.81 bits per heavy atom. The lowest BCUT2D eigenvalue weighted by molar-refractivity contribution is 0.696. The van der Waals surface area contributed by atoms with Gasteiger partial charge in [0.15, 0.2) is 5.96 Å². The number of hydrogen-bond donors (Lipinski definition) is 2. The Morgan fingerprint density at radius 2 is 2.19 bits per heavy atom. The molecule has 1 atom stereocenters. The van der Waals surface area contributed by atoms with Gasteiger partial charge in [-0.25, -0.2) is 4.99 Å². The highest BCUT2D eigenvalue weighted by molar-refractivity contribution is 5.77. The molecule has 4 heteroatoms. The molecule has 1 rings (SSSR count). The first kappa shape index (κ1) is 12.1. The van der Waals surface area contributed by atoms with Crippen molar-refractivity contribution in [2.45, 2.75) is 13.5 Å². The average Bonchev–Trinajstić information content (AvgIpc) is 2.34. The molecule has 16 heavy (non-hydrogen) atoms. The van der Waals surface area contributed by atoms with Gasteiger partial charge in [-0.2, -0.15) is 5.26 Å². The van der Waals surface area contributed by atoms with Gasteiger partial charge >= 0.3 is 0 Å². The summed E-state index contributed by atoms with van der Waals surface area (Å²) in [6, 6.07) is 12.0. The first-order valence-corrected chi connectivity index (χ1v) is 5.19. The lowest BCUT2D eigenvalue weighted by atomic mass is 10.2. The SMILES string of the molecule is C[C@@H](C#N)CNC(N)=NCc1ccccc1. The van der Waals surface area contributed by atoms with Crippen LogP contribution in [0.3, 0.4) is 0 Å². The number of guanidine groups is 1. The Bertz CT molecular complexity index is 378. The lowest BCUT2D eigenvalue weighted by Gasteiger charge is -2.06. The highest BCUT2D eigenvalue weighted by Crippen LogP contribution is 1.99. The number of nitrogens with one attached hydrogen (secondary N) is 1. The number of hydrogen-bond acceptors (Lipinski definition) is 2. The fourth-order valence-electron chi connectivity index (χ4n) is 1.12. The molecule has 1 aromatic rings.